The quantitative estimate of drug-likeness (QED) is 0.528. The molecule has 6 heteroatoms. The predicted molar refractivity (Wildman–Crippen MR) is 112 cm³/mol. The van der Waals surface area contributed by atoms with Gasteiger partial charge < -0.3 is 9.30 Å². The molecule has 0 unspecified atom stereocenters. The van der Waals surface area contributed by atoms with Crippen LogP contribution in [-0.2, 0) is 11.3 Å². The summed E-state index contributed by atoms with van der Waals surface area (Å²) in [6.07, 6.45) is 3.37. The molecule has 146 valence electrons. The number of para-hydroxylation sites is 2. The van der Waals surface area contributed by atoms with Crippen LogP contribution in [-0.4, -0.2) is 28.6 Å². The number of hydrogen-bond acceptors (Lipinski definition) is 3. The third-order valence-electron chi connectivity index (χ3n) is 5.12. The van der Waals surface area contributed by atoms with Crippen molar-refractivity contribution in [2.45, 2.75) is 39.2 Å². The highest BCUT2D eigenvalue weighted by Gasteiger charge is 2.26. The number of halogens is 1. The number of rotatable bonds is 7. The summed E-state index contributed by atoms with van der Waals surface area (Å²) >= 11 is 6.06. The molecular weight excluding hydrogens is 374 g/mol. The number of imidazole rings is 1. The van der Waals surface area contributed by atoms with Crippen molar-refractivity contribution in [3.05, 3.63) is 53.1 Å². The number of nitrogens with zero attached hydrogens (tertiary/aromatic N) is 3. The van der Waals surface area contributed by atoms with Gasteiger partial charge in [-0.3, -0.25) is 9.69 Å². The van der Waals surface area contributed by atoms with Crippen molar-refractivity contribution in [2.24, 2.45) is 0 Å². The van der Waals surface area contributed by atoms with Crippen molar-refractivity contribution in [3.8, 4) is 5.75 Å². The van der Waals surface area contributed by atoms with Gasteiger partial charge in [-0.1, -0.05) is 23.7 Å². The Morgan fingerprint density at radius 2 is 2.04 bits per heavy atom. The number of ether oxygens (including phenoxy) is 1. The lowest BCUT2D eigenvalue weighted by Gasteiger charge is -2.17. The molecule has 1 aromatic heterocycles. The normalized spacial score (nSPS) is 14.2. The van der Waals surface area contributed by atoms with Gasteiger partial charge in [0.25, 0.3) is 0 Å². The van der Waals surface area contributed by atoms with E-state index in [0.29, 0.717) is 13.0 Å². The maximum atomic E-state index is 12.2. The van der Waals surface area contributed by atoms with E-state index in [-0.39, 0.29) is 5.91 Å². The Kier molecular flexibility index (Phi) is 5.53. The molecule has 2 aromatic carbocycles. The predicted octanol–water partition coefficient (Wildman–Crippen LogP) is 4.98. The molecular formula is C22H24ClN3O2. The Balaban J connectivity index is 1.41. The summed E-state index contributed by atoms with van der Waals surface area (Å²) in [4.78, 5) is 18.8. The number of fused-ring (bicyclic) bond motifs is 1. The number of unbranched alkanes of at least 4 members (excludes halogenated alkanes) is 1. The average Bonchev–Trinajstić information content (AvgIpc) is 3.27. The SMILES string of the molecule is Cc1cc(OCCCCn2c(N3CCCC3=O)nc3ccccc32)ccc1Cl. The van der Waals surface area contributed by atoms with E-state index < -0.39 is 0 Å². The number of amides is 1. The summed E-state index contributed by atoms with van der Waals surface area (Å²) < 4.78 is 8.02. The molecule has 1 aliphatic heterocycles. The number of carbonyl (C=O) groups is 1. The molecule has 0 saturated carbocycles. The minimum Gasteiger partial charge on any atom is -0.494 e. The smallest absolute Gasteiger partial charge is 0.229 e. The van der Waals surface area contributed by atoms with Crippen molar-refractivity contribution >= 4 is 34.5 Å². The Bertz CT molecular complexity index is 999. The van der Waals surface area contributed by atoms with Crippen LogP contribution < -0.4 is 9.64 Å². The maximum Gasteiger partial charge on any atom is 0.229 e. The van der Waals surface area contributed by atoms with Gasteiger partial charge in [0.05, 0.1) is 17.6 Å². The second-order valence-corrected chi connectivity index (χ2v) is 7.57. The molecule has 3 aromatic rings. The third-order valence-corrected chi connectivity index (χ3v) is 5.55. The summed E-state index contributed by atoms with van der Waals surface area (Å²) in [6.45, 7) is 4.18. The van der Waals surface area contributed by atoms with Crippen LogP contribution in [0.3, 0.4) is 0 Å². The zero-order valence-corrected chi connectivity index (χ0v) is 16.8. The van der Waals surface area contributed by atoms with E-state index in [0.717, 1.165) is 65.7 Å². The van der Waals surface area contributed by atoms with Gasteiger partial charge in [0, 0.05) is 24.5 Å². The van der Waals surface area contributed by atoms with Crippen LogP contribution in [0.5, 0.6) is 5.75 Å². The Morgan fingerprint density at radius 1 is 1.18 bits per heavy atom. The minimum absolute atomic E-state index is 0.165. The highest BCUT2D eigenvalue weighted by atomic mass is 35.5. The number of aromatic nitrogens is 2. The second-order valence-electron chi connectivity index (χ2n) is 7.17. The molecule has 2 heterocycles. The van der Waals surface area contributed by atoms with E-state index in [1.165, 1.54) is 0 Å². The average molecular weight is 398 g/mol. The molecule has 0 bridgehead atoms. The summed E-state index contributed by atoms with van der Waals surface area (Å²) in [5.74, 6) is 1.79. The Hall–Kier alpha value is -2.53. The minimum atomic E-state index is 0.165. The van der Waals surface area contributed by atoms with E-state index in [2.05, 4.69) is 10.6 Å². The van der Waals surface area contributed by atoms with Crippen molar-refractivity contribution in [1.82, 2.24) is 9.55 Å². The molecule has 0 N–H and O–H groups in total. The Labute approximate surface area is 169 Å². The monoisotopic (exact) mass is 397 g/mol. The molecule has 0 atom stereocenters. The maximum absolute atomic E-state index is 12.2. The van der Waals surface area contributed by atoms with E-state index in [4.69, 9.17) is 21.3 Å². The molecule has 0 spiro atoms. The van der Waals surface area contributed by atoms with Gasteiger partial charge in [-0.25, -0.2) is 4.98 Å². The first-order valence-electron chi connectivity index (χ1n) is 9.78. The first-order chi connectivity index (χ1) is 13.6. The lowest BCUT2D eigenvalue weighted by Crippen LogP contribution is -2.27. The van der Waals surface area contributed by atoms with Gasteiger partial charge in [-0.15, -0.1) is 0 Å². The van der Waals surface area contributed by atoms with Crippen molar-refractivity contribution in [1.29, 1.82) is 0 Å². The van der Waals surface area contributed by atoms with Crippen LogP contribution in [0, 0.1) is 6.92 Å². The number of hydrogen-bond donors (Lipinski definition) is 0. The number of aryl methyl sites for hydroxylation is 2. The van der Waals surface area contributed by atoms with E-state index in [1.807, 2.05) is 48.2 Å². The van der Waals surface area contributed by atoms with Gasteiger partial charge in [0.15, 0.2) is 0 Å². The molecule has 5 nitrogen and oxygen atoms in total. The molecule has 1 aliphatic rings. The second kappa shape index (κ2) is 8.23. The molecule has 0 radical (unpaired) electrons. The summed E-state index contributed by atoms with van der Waals surface area (Å²) in [7, 11) is 0. The van der Waals surface area contributed by atoms with Crippen LogP contribution >= 0.6 is 11.6 Å². The molecule has 0 aliphatic carbocycles. The fraction of sp³-hybridized carbons (Fsp3) is 0.364. The lowest BCUT2D eigenvalue weighted by molar-refractivity contribution is -0.117. The van der Waals surface area contributed by atoms with Crippen molar-refractivity contribution in [2.75, 3.05) is 18.1 Å². The zero-order valence-electron chi connectivity index (χ0n) is 16.0. The van der Waals surface area contributed by atoms with E-state index in [9.17, 15) is 4.79 Å². The number of benzene rings is 2. The molecule has 4 rings (SSSR count). The highest BCUT2D eigenvalue weighted by Crippen LogP contribution is 2.27. The van der Waals surface area contributed by atoms with E-state index >= 15 is 0 Å². The number of anilines is 1. The summed E-state index contributed by atoms with van der Waals surface area (Å²) in [5.41, 5.74) is 3.03. The third kappa shape index (κ3) is 3.85. The van der Waals surface area contributed by atoms with Crippen LogP contribution in [0.4, 0.5) is 5.95 Å². The topological polar surface area (TPSA) is 47.4 Å². The summed E-state index contributed by atoms with van der Waals surface area (Å²) in [6, 6.07) is 13.8. The largest absolute Gasteiger partial charge is 0.494 e. The first-order valence-corrected chi connectivity index (χ1v) is 10.2. The van der Waals surface area contributed by atoms with Crippen LogP contribution in [0.15, 0.2) is 42.5 Å². The zero-order chi connectivity index (χ0) is 19.5. The lowest BCUT2D eigenvalue weighted by atomic mass is 10.2. The van der Waals surface area contributed by atoms with Gasteiger partial charge in [0.1, 0.15) is 5.75 Å². The van der Waals surface area contributed by atoms with Crippen LogP contribution in [0.25, 0.3) is 11.0 Å². The number of carbonyl (C=O) groups excluding carboxylic acids is 1. The summed E-state index contributed by atoms with van der Waals surface area (Å²) in [5, 5.41) is 0.753. The van der Waals surface area contributed by atoms with Gasteiger partial charge >= 0.3 is 0 Å². The van der Waals surface area contributed by atoms with Gasteiger partial charge in [-0.2, -0.15) is 0 Å². The van der Waals surface area contributed by atoms with Crippen molar-refractivity contribution < 1.29 is 9.53 Å². The van der Waals surface area contributed by atoms with Crippen LogP contribution in [0.2, 0.25) is 5.02 Å². The Morgan fingerprint density at radius 3 is 2.82 bits per heavy atom. The fourth-order valence-electron chi connectivity index (χ4n) is 3.62. The molecule has 1 saturated heterocycles. The van der Waals surface area contributed by atoms with Crippen molar-refractivity contribution in [3.63, 3.8) is 0 Å². The highest BCUT2D eigenvalue weighted by molar-refractivity contribution is 6.31. The molecule has 1 fully saturated rings. The molecule has 28 heavy (non-hydrogen) atoms. The first kappa shape index (κ1) is 18.8. The van der Waals surface area contributed by atoms with Crippen LogP contribution in [0.1, 0.15) is 31.2 Å². The van der Waals surface area contributed by atoms with Gasteiger partial charge in [-0.05, 0) is 62.1 Å². The van der Waals surface area contributed by atoms with Gasteiger partial charge in [0.2, 0.25) is 11.9 Å². The standard InChI is InChI=1S/C22H24ClN3O2/c1-16-15-17(10-11-18(16)23)28-14-5-4-12-25-20-8-3-2-7-19(20)24-22(25)26-13-6-9-21(26)27/h2-3,7-8,10-11,15H,4-6,9,12-14H2,1H3. The van der Waals surface area contributed by atoms with E-state index in [1.54, 1.807) is 0 Å². The molecule has 1 amide bonds. The fourth-order valence-corrected chi connectivity index (χ4v) is 3.74.